The van der Waals surface area contributed by atoms with Gasteiger partial charge in [-0.2, -0.15) is 0 Å². The van der Waals surface area contributed by atoms with Crippen molar-refractivity contribution in [2.24, 2.45) is 0 Å². The average Bonchev–Trinajstić information content (AvgIpc) is 3.12. The first kappa shape index (κ1) is 48.8. The zero-order chi connectivity index (χ0) is 36.6. The maximum Gasteiger partial charge on any atom is 0.249 e. The predicted molar refractivity (Wildman–Crippen MR) is 218 cm³/mol. The van der Waals surface area contributed by atoms with Gasteiger partial charge in [-0.15, -0.1) is 0 Å². The van der Waals surface area contributed by atoms with Gasteiger partial charge in [-0.1, -0.05) is 218 Å². The van der Waals surface area contributed by atoms with Crippen LogP contribution in [0.25, 0.3) is 0 Å². The standard InChI is InChI=1S/C45H87NO4/c1-3-5-7-9-11-13-15-17-19-21-22-23-24-26-28-30-32-34-36-38-40-44(49)45(50)46-42(41-47)43(48)39-37-35-33-31-29-27-25-20-18-16-14-12-10-8-6-4-2/h5,7,11,13,42-44,47-49H,3-4,6,8-10,12,14-41H2,1-2H3,(H,46,50)/b7-5-,13-11-. The Morgan fingerprint density at radius 3 is 1.30 bits per heavy atom. The first-order chi connectivity index (χ1) is 24.6. The highest BCUT2D eigenvalue weighted by Gasteiger charge is 2.23. The zero-order valence-electron chi connectivity index (χ0n) is 33.5. The van der Waals surface area contributed by atoms with E-state index in [1.54, 1.807) is 0 Å². The summed E-state index contributed by atoms with van der Waals surface area (Å²) < 4.78 is 0. The topological polar surface area (TPSA) is 89.8 Å². The molecule has 0 fully saturated rings. The van der Waals surface area contributed by atoms with E-state index in [2.05, 4.69) is 43.5 Å². The summed E-state index contributed by atoms with van der Waals surface area (Å²) in [4.78, 5) is 12.5. The molecule has 0 heterocycles. The average molecular weight is 706 g/mol. The fourth-order valence-electron chi connectivity index (χ4n) is 6.88. The van der Waals surface area contributed by atoms with Crippen LogP contribution in [0.4, 0.5) is 0 Å². The largest absolute Gasteiger partial charge is 0.394 e. The Balaban J connectivity index is 3.60. The number of amides is 1. The maximum atomic E-state index is 12.5. The number of aliphatic hydroxyl groups is 3. The summed E-state index contributed by atoms with van der Waals surface area (Å²) >= 11 is 0. The van der Waals surface area contributed by atoms with E-state index in [9.17, 15) is 20.1 Å². The van der Waals surface area contributed by atoms with Crippen LogP contribution in [0.3, 0.4) is 0 Å². The van der Waals surface area contributed by atoms with E-state index in [1.165, 1.54) is 161 Å². The highest BCUT2D eigenvalue weighted by atomic mass is 16.3. The number of hydrogen-bond acceptors (Lipinski definition) is 4. The summed E-state index contributed by atoms with van der Waals surface area (Å²) in [5.74, 6) is -0.470. The lowest BCUT2D eigenvalue weighted by atomic mass is 10.0. The van der Waals surface area contributed by atoms with E-state index in [0.29, 0.717) is 12.8 Å². The normalized spacial score (nSPS) is 13.8. The molecule has 0 radical (unpaired) electrons. The molecule has 0 aromatic rings. The van der Waals surface area contributed by atoms with Crippen LogP contribution in [0.5, 0.6) is 0 Å². The summed E-state index contributed by atoms with van der Waals surface area (Å²) in [5, 5.41) is 33.3. The summed E-state index contributed by atoms with van der Waals surface area (Å²) in [6.45, 7) is 4.14. The lowest BCUT2D eigenvalue weighted by Crippen LogP contribution is -2.49. The smallest absolute Gasteiger partial charge is 0.249 e. The third kappa shape index (κ3) is 35.2. The second-order valence-corrected chi connectivity index (χ2v) is 15.2. The Morgan fingerprint density at radius 2 is 0.880 bits per heavy atom. The SMILES string of the molecule is CC/C=C\C/C=C\CCCCCCCCCCCCCCCC(O)C(=O)NC(CO)C(O)CCCCCCCCCCCCCCCCCC. The number of nitrogens with one attached hydrogen (secondary N) is 1. The van der Waals surface area contributed by atoms with E-state index in [-0.39, 0.29) is 6.61 Å². The second kappa shape index (κ2) is 40.6. The van der Waals surface area contributed by atoms with Crippen LogP contribution < -0.4 is 5.32 Å². The summed E-state index contributed by atoms with van der Waals surface area (Å²) in [7, 11) is 0. The molecule has 4 N–H and O–H groups in total. The molecule has 5 nitrogen and oxygen atoms in total. The van der Waals surface area contributed by atoms with E-state index < -0.39 is 24.2 Å². The molecule has 0 aliphatic rings. The van der Waals surface area contributed by atoms with Gasteiger partial charge >= 0.3 is 0 Å². The Kier molecular flexibility index (Phi) is 39.6. The van der Waals surface area contributed by atoms with Crippen LogP contribution >= 0.6 is 0 Å². The van der Waals surface area contributed by atoms with Gasteiger partial charge in [0.15, 0.2) is 0 Å². The van der Waals surface area contributed by atoms with Crippen LogP contribution in [-0.4, -0.2) is 46.1 Å². The lowest BCUT2D eigenvalue weighted by molar-refractivity contribution is -0.131. The summed E-state index contributed by atoms with van der Waals surface area (Å²) in [6, 6.07) is -0.709. The maximum absolute atomic E-state index is 12.5. The molecule has 50 heavy (non-hydrogen) atoms. The van der Waals surface area contributed by atoms with Gasteiger partial charge in [0.2, 0.25) is 5.91 Å². The molecule has 0 spiro atoms. The number of rotatable bonds is 40. The van der Waals surface area contributed by atoms with Crippen LogP contribution in [0, 0.1) is 0 Å². The molecule has 1 amide bonds. The van der Waals surface area contributed by atoms with Gasteiger partial charge in [0.1, 0.15) is 6.10 Å². The van der Waals surface area contributed by atoms with Gasteiger partial charge in [-0.05, 0) is 38.5 Å². The van der Waals surface area contributed by atoms with Crippen LogP contribution in [-0.2, 0) is 4.79 Å². The first-order valence-corrected chi connectivity index (χ1v) is 22.1. The molecule has 0 aliphatic heterocycles. The number of aliphatic hydroxyl groups excluding tert-OH is 3. The monoisotopic (exact) mass is 706 g/mol. The molecule has 0 saturated heterocycles. The van der Waals surface area contributed by atoms with Gasteiger partial charge in [-0.3, -0.25) is 4.79 Å². The van der Waals surface area contributed by atoms with Crippen molar-refractivity contribution in [3.05, 3.63) is 24.3 Å². The molecular weight excluding hydrogens is 618 g/mol. The van der Waals surface area contributed by atoms with Crippen molar-refractivity contribution in [3.8, 4) is 0 Å². The van der Waals surface area contributed by atoms with Crippen molar-refractivity contribution in [3.63, 3.8) is 0 Å². The molecule has 5 heteroatoms. The van der Waals surface area contributed by atoms with Gasteiger partial charge in [0.25, 0.3) is 0 Å². The summed E-state index contributed by atoms with van der Waals surface area (Å²) in [5.41, 5.74) is 0. The third-order valence-electron chi connectivity index (χ3n) is 10.3. The van der Waals surface area contributed by atoms with Crippen molar-refractivity contribution < 1.29 is 20.1 Å². The minimum atomic E-state index is -1.07. The molecule has 296 valence electrons. The second-order valence-electron chi connectivity index (χ2n) is 15.2. The quantitative estimate of drug-likeness (QED) is 0.0377. The Bertz CT molecular complexity index is 739. The van der Waals surface area contributed by atoms with Crippen molar-refractivity contribution in [1.29, 1.82) is 0 Å². The Morgan fingerprint density at radius 1 is 0.500 bits per heavy atom. The fraction of sp³-hybridized carbons (Fsp3) is 0.889. The minimum Gasteiger partial charge on any atom is -0.394 e. The lowest BCUT2D eigenvalue weighted by Gasteiger charge is -2.23. The molecule has 3 atom stereocenters. The highest BCUT2D eigenvalue weighted by Crippen LogP contribution is 2.16. The molecule has 0 aliphatic carbocycles. The first-order valence-electron chi connectivity index (χ1n) is 22.1. The minimum absolute atomic E-state index is 0.312. The van der Waals surface area contributed by atoms with Gasteiger partial charge in [0.05, 0.1) is 18.8 Å². The molecule has 0 aromatic carbocycles. The van der Waals surface area contributed by atoms with E-state index in [4.69, 9.17) is 0 Å². The summed E-state index contributed by atoms with van der Waals surface area (Å²) in [6.07, 6.45) is 48.9. The molecule has 0 aromatic heterocycles. The van der Waals surface area contributed by atoms with Crippen molar-refractivity contribution in [1.82, 2.24) is 5.32 Å². The van der Waals surface area contributed by atoms with Crippen LogP contribution in [0.1, 0.15) is 232 Å². The zero-order valence-corrected chi connectivity index (χ0v) is 33.5. The van der Waals surface area contributed by atoms with E-state index >= 15 is 0 Å². The molecule has 0 saturated carbocycles. The predicted octanol–water partition coefficient (Wildman–Crippen LogP) is 12.6. The molecule has 3 unspecified atom stereocenters. The highest BCUT2D eigenvalue weighted by molar-refractivity contribution is 5.80. The van der Waals surface area contributed by atoms with Gasteiger partial charge in [-0.25, -0.2) is 0 Å². The van der Waals surface area contributed by atoms with E-state index in [1.807, 2.05) is 0 Å². The van der Waals surface area contributed by atoms with Gasteiger partial charge in [0, 0.05) is 0 Å². The number of hydrogen-bond donors (Lipinski definition) is 4. The van der Waals surface area contributed by atoms with Crippen molar-refractivity contribution >= 4 is 5.91 Å². The number of allylic oxidation sites excluding steroid dienone is 4. The van der Waals surface area contributed by atoms with Gasteiger partial charge < -0.3 is 20.6 Å². The number of carbonyl (C=O) groups excluding carboxylic acids is 1. The molecule has 0 bridgehead atoms. The van der Waals surface area contributed by atoms with Crippen molar-refractivity contribution in [2.75, 3.05) is 6.61 Å². The number of unbranched alkanes of at least 4 members (excludes halogenated alkanes) is 28. The van der Waals surface area contributed by atoms with E-state index in [0.717, 1.165) is 44.9 Å². The Hall–Kier alpha value is -1.17. The Labute approximate surface area is 312 Å². The molecular formula is C45H87NO4. The third-order valence-corrected chi connectivity index (χ3v) is 10.3. The van der Waals surface area contributed by atoms with Crippen LogP contribution in [0.15, 0.2) is 24.3 Å². The van der Waals surface area contributed by atoms with Crippen molar-refractivity contribution in [2.45, 2.75) is 250 Å². The molecule has 0 rings (SSSR count). The fourth-order valence-corrected chi connectivity index (χ4v) is 6.88. The number of carbonyl (C=O) groups is 1. The van der Waals surface area contributed by atoms with Crippen LogP contribution in [0.2, 0.25) is 0 Å².